The van der Waals surface area contributed by atoms with E-state index in [1.807, 2.05) is 0 Å². The Kier molecular flexibility index (Phi) is 5.68. The van der Waals surface area contributed by atoms with E-state index in [1.54, 1.807) is 0 Å². The zero-order chi connectivity index (χ0) is 11.8. The molecule has 1 aliphatic carbocycles. The van der Waals surface area contributed by atoms with Crippen molar-refractivity contribution >= 4 is 5.97 Å². The number of rotatable bonds is 6. The van der Waals surface area contributed by atoms with Crippen molar-refractivity contribution in [1.29, 1.82) is 0 Å². The monoisotopic (exact) mass is 224 g/mol. The molecule has 0 aromatic heterocycles. The van der Waals surface area contributed by atoms with E-state index in [9.17, 15) is 4.79 Å². The van der Waals surface area contributed by atoms with Crippen LogP contribution >= 0.6 is 0 Å². The van der Waals surface area contributed by atoms with Gasteiger partial charge in [-0.2, -0.15) is 0 Å². The van der Waals surface area contributed by atoms with E-state index in [-0.39, 0.29) is 5.97 Å². The number of hydrogen-bond donors (Lipinski definition) is 0. The lowest BCUT2D eigenvalue weighted by molar-refractivity contribution is -0.140. The first-order valence-corrected chi connectivity index (χ1v) is 5.79. The molecule has 2 atom stereocenters. The van der Waals surface area contributed by atoms with Gasteiger partial charge < -0.3 is 9.47 Å². The Morgan fingerprint density at radius 3 is 2.38 bits per heavy atom. The Balaban J connectivity index is 2.36. The van der Waals surface area contributed by atoms with Gasteiger partial charge in [0.2, 0.25) is 0 Å². The summed E-state index contributed by atoms with van der Waals surface area (Å²) >= 11 is 0. The minimum absolute atomic E-state index is 0.339. The van der Waals surface area contributed by atoms with E-state index in [1.165, 1.54) is 25.2 Å². The summed E-state index contributed by atoms with van der Waals surface area (Å²) in [5.41, 5.74) is 0. The van der Waals surface area contributed by atoms with Crippen molar-refractivity contribution in [2.24, 2.45) is 11.8 Å². The Morgan fingerprint density at radius 2 is 1.81 bits per heavy atom. The molecule has 0 saturated heterocycles. The zero-order valence-corrected chi connectivity index (χ0v) is 9.69. The van der Waals surface area contributed by atoms with Crippen molar-refractivity contribution in [3.05, 3.63) is 25.5 Å². The maximum atomic E-state index is 11.0. The van der Waals surface area contributed by atoms with Crippen LogP contribution in [0.15, 0.2) is 25.5 Å². The first-order chi connectivity index (χ1) is 7.77. The van der Waals surface area contributed by atoms with Crippen LogP contribution in [0, 0.1) is 11.8 Å². The normalized spacial score (nSPS) is 24.5. The number of hydrogen-bond acceptors (Lipinski definition) is 3. The van der Waals surface area contributed by atoms with Gasteiger partial charge in [-0.15, -0.1) is 0 Å². The summed E-state index contributed by atoms with van der Waals surface area (Å²) < 4.78 is 10.3. The van der Waals surface area contributed by atoms with Crippen LogP contribution in [-0.2, 0) is 14.3 Å². The molecule has 0 spiro atoms. The first-order valence-electron chi connectivity index (χ1n) is 5.79. The summed E-state index contributed by atoms with van der Waals surface area (Å²) in [6, 6.07) is 0. The highest BCUT2D eigenvalue weighted by molar-refractivity contribution is 5.81. The van der Waals surface area contributed by atoms with E-state index in [4.69, 9.17) is 9.47 Å². The fourth-order valence-electron chi connectivity index (χ4n) is 2.16. The molecule has 1 fully saturated rings. The van der Waals surface area contributed by atoms with Crippen molar-refractivity contribution in [2.45, 2.75) is 25.7 Å². The van der Waals surface area contributed by atoms with Gasteiger partial charge in [0.15, 0.2) is 0 Å². The second-order valence-electron chi connectivity index (χ2n) is 4.14. The smallest absolute Gasteiger partial charge is 0.330 e. The van der Waals surface area contributed by atoms with E-state index in [2.05, 4.69) is 13.2 Å². The standard InChI is InChI=1S/C13H20O3/c1-3-13(14)16-10-12-8-6-5-7-11(12)9-15-4-2/h3-4,11-12H,1-2,5-10H2. The van der Waals surface area contributed by atoms with Crippen molar-refractivity contribution < 1.29 is 14.3 Å². The Morgan fingerprint density at radius 1 is 1.19 bits per heavy atom. The molecule has 0 aromatic rings. The third-order valence-corrected chi connectivity index (χ3v) is 3.10. The molecule has 0 N–H and O–H groups in total. The molecule has 0 heterocycles. The third-order valence-electron chi connectivity index (χ3n) is 3.10. The van der Waals surface area contributed by atoms with E-state index < -0.39 is 0 Å². The van der Waals surface area contributed by atoms with Crippen molar-refractivity contribution in [1.82, 2.24) is 0 Å². The van der Waals surface area contributed by atoms with Crippen LogP contribution in [0.3, 0.4) is 0 Å². The van der Waals surface area contributed by atoms with Crippen LogP contribution in [0.5, 0.6) is 0 Å². The highest BCUT2D eigenvalue weighted by Gasteiger charge is 2.26. The summed E-state index contributed by atoms with van der Waals surface area (Å²) in [4.78, 5) is 11.0. The number of ether oxygens (including phenoxy) is 2. The Hall–Kier alpha value is -1.25. The second-order valence-corrected chi connectivity index (χ2v) is 4.14. The Bertz CT molecular complexity index is 248. The van der Waals surface area contributed by atoms with Crippen molar-refractivity contribution in [3.63, 3.8) is 0 Å². The van der Waals surface area contributed by atoms with Crippen LogP contribution in [0.4, 0.5) is 0 Å². The summed E-state index contributed by atoms with van der Waals surface area (Å²) in [5, 5.41) is 0. The molecule has 1 aliphatic rings. The van der Waals surface area contributed by atoms with Gasteiger partial charge in [-0.3, -0.25) is 0 Å². The van der Waals surface area contributed by atoms with Gasteiger partial charge in [-0.05, 0) is 24.7 Å². The molecule has 1 saturated carbocycles. The van der Waals surface area contributed by atoms with Crippen LogP contribution in [0.1, 0.15) is 25.7 Å². The fraction of sp³-hybridized carbons (Fsp3) is 0.615. The lowest BCUT2D eigenvalue weighted by Crippen LogP contribution is -2.28. The second kappa shape index (κ2) is 7.09. The molecule has 0 aliphatic heterocycles. The molecular formula is C13H20O3. The predicted molar refractivity (Wildman–Crippen MR) is 62.8 cm³/mol. The van der Waals surface area contributed by atoms with Gasteiger partial charge >= 0.3 is 5.97 Å². The van der Waals surface area contributed by atoms with Crippen molar-refractivity contribution in [2.75, 3.05) is 13.2 Å². The molecule has 0 bridgehead atoms. The molecule has 90 valence electrons. The van der Waals surface area contributed by atoms with Crippen LogP contribution in [-0.4, -0.2) is 19.2 Å². The van der Waals surface area contributed by atoms with E-state index >= 15 is 0 Å². The molecule has 3 nitrogen and oxygen atoms in total. The van der Waals surface area contributed by atoms with Crippen LogP contribution < -0.4 is 0 Å². The number of carbonyl (C=O) groups excluding carboxylic acids is 1. The minimum Gasteiger partial charge on any atom is -0.502 e. The number of carbonyl (C=O) groups is 1. The number of esters is 1. The van der Waals surface area contributed by atoms with Gasteiger partial charge in [0.25, 0.3) is 0 Å². The quantitative estimate of drug-likeness (QED) is 0.395. The van der Waals surface area contributed by atoms with E-state index in [0.29, 0.717) is 25.0 Å². The molecule has 3 heteroatoms. The van der Waals surface area contributed by atoms with Gasteiger partial charge in [-0.25, -0.2) is 4.79 Å². The molecule has 1 rings (SSSR count). The van der Waals surface area contributed by atoms with Gasteiger partial charge in [0.1, 0.15) is 0 Å². The molecule has 0 radical (unpaired) electrons. The fourth-order valence-corrected chi connectivity index (χ4v) is 2.16. The maximum Gasteiger partial charge on any atom is 0.330 e. The van der Waals surface area contributed by atoms with E-state index in [0.717, 1.165) is 12.8 Å². The summed E-state index contributed by atoms with van der Waals surface area (Å²) in [7, 11) is 0. The molecule has 0 aromatic carbocycles. The summed E-state index contributed by atoms with van der Waals surface area (Å²) in [5.74, 6) is 0.552. The van der Waals surface area contributed by atoms with Gasteiger partial charge in [0, 0.05) is 6.08 Å². The molecule has 0 amide bonds. The predicted octanol–water partition coefficient (Wildman–Crippen LogP) is 2.68. The summed E-state index contributed by atoms with van der Waals surface area (Å²) in [6.07, 6.45) is 7.37. The van der Waals surface area contributed by atoms with Crippen LogP contribution in [0.2, 0.25) is 0 Å². The minimum atomic E-state index is -0.339. The average molecular weight is 224 g/mol. The van der Waals surface area contributed by atoms with Crippen LogP contribution in [0.25, 0.3) is 0 Å². The molecule has 2 unspecified atom stereocenters. The lowest BCUT2D eigenvalue weighted by atomic mass is 9.80. The van der Waals surface area contributed by atoms with Gasteiger partial charge in [-0.1, -0.05) is 26.0 Å². The first kappa shape index (κ1) is 12.8. The average Bonchev–Trinajstić information content (AvgIpc) is 2.34. The molecular weight excluding hydrogens is 204 g/mol. The molecule has 16 heavy (non-hydrogen) atoms. The lowest BCUT2D eigenvalue weighted by Gasteiger charge is -2.30. The third kappa shape index (κ3) is 4.09. The van der Waals surface area contributed by atoms with Crippen molar-refractivity contribution in [3.8, 4) is 0 Å². The highest BCUT2D eigenvalue weighted by atomic mass is 16.5. The summed E-state index contributed by atoms with van der Waals surface area (Å²) in [6.45, 7) is 8.08. The SMILES string of the molecule is C=COCC1CCCCC1COC(=O)C=C. The Labute approximate surface area is 97.1 Å². The largest absolute Gasteiger partial charge is 0.502 e. The zero-order valence-electron chi connectivity index (χ0n) is 9.69. The highest BCUT2D eigenvalue weighted by Crippen LogP contribution is 2.30. The van der Waals surface area contributed by atoms with Gasteiger partial charge in [0.05, 0.1) is 19.5 Å². The topological polar surface area (TPSA) is 35.5 Å². The maximum absolute atomic E-state index is 11.0.